The molecule has 0 N–H and O–H groups in total. The average Bonchev–Trinajstić information content (AvgIpc) is 3.65. The van der Waals surface area contributed by atoms with Crippen LogP contribution >= 0.6 is 11.8 Å². The Kier molecular flexibility index (Phi) is 8.73. The van der Waals surface area contributed by atoms with Gasteiger partial charge in [0.2, 0.25) is 5.95 Å². The number of benzene rings is 3. The maximum atomic E-state index is 13.8. The van der Waals surface area contributed by atoms with Crippen molar-refractivity contribution in [1.29, 1.82) is 5.26 Å². The van der Waals surface area contributed by atoms with Gasteiger partial charge in [-0.2, -0.15) is 5.26 Å². The molecule has 0 spiro atoms. The molecule has 0 bridgehead atoms. The van der Waals surface area contributed by atoms with Gasteiger partial charge in [-0.3, -0.25) is 4.57 Å². The molecule has 1 fully saturated rings. The number of halogens is 2. The SMILES string of the molecule is COc1ccc(N2C(c3ccc(F)cc3)=CS/C2=C(\C#N)c2nnc(N3CCOCC3)n2-c2ccccc2)cc1.[Br-]. The second-order valence-electron chi connectivity index (χ2n) is 9.05. The number of hydrogen-bond acceptors (Lipinski definition) is 8. The van der Waals surface area contributed by atoms with E-state index >= 15 is 0 Å². The van der Waals surface area contributed by atoms with Crippen LogP contribution in [0.25, 0.3) is 17.0 Å². The lowest BCUT2D eigenvalue weighted by molar-refractivity contribution is -0.00000972. The third-order valence-corrected chi connectivity index (χ3v) is 7.65. The lowest BCUT2D eigenvalue weighted by atomic mass is 10.1. The maximum absolute atomic E-state index is 13.8. The molecular weight excluding hydrogens is 607 g/mol. The minimum absolute atomic E-state index is 0. The number of ether oxygens (including phenoxy) is 2. The first-order valence-electron chi connectivity index (χ1n) is 12.7. The Bertz CT molecular complexity index is 1610. The summed E-state index contributed by atoms with van der Waals surface area (Å²) in [6, 6.07) is 26.1. The minimum Gasteiger partial charge on any atom is -1.00 e. The lowest BCUT2D eigenvalue weighted by Crippen LogP contribution is -3.00. The number of nitriles is 1. The number of thioether (sulfide) groups is 1. The van der Waals surface area contributed by atoms with Gasteiger partial charge in [-0.15, -0.1) is 10.2 Å². The largest absolute Gasteiger partial charge is 1.00 e. The van der Waals surface area contributed by atoms with Crippen LogP contribution in [-0.2, 0) is 4.74 Å². The fourth-order valence-corrected chi connectivity index (χ4v) is 5.75. The smallest absolute Gasteiger partial charge is 0.232 e. The Morgan fingerprint density at radius 1 is 0.951 bits per heavy atom. The molecule has 41 heavy (non-hydrogen) atoms. The van der Waals surface area contributed by atoms with Gasteiger partial charge in [-0.1, -0.05) is 30.0 Å². The third-order valence-electron chi connectivity index (χ3n) is 6.70. The minimum atomic E-state index is -0.314. The summed E-state index contributed by atoms with van der Waals surface area (Å²) in [6.07, 6.45) is 0. The van der Waals surface area contributed by atoms with E-state index in [9.17, 15) is 9.65 Å². The number of methoxy groups -OCH3 is 1. The summed E-state index contributed by atoms with van der Waals surface area (Å²) < 4.78 is 26.6. The topological polar surface area (TPSA) is 79.4 Å². The molecule has 11 heteroatoms. The summed E-state index contributed by atoms with van der Waals surface area (Å²) in [6.45, 7) is 2.53. The molecule has 0 aliphatic carbocycles. The first-order chi connectivity index (χ1) is 19.7. The van der Waals surface area contributed by atoms with Crippen molar-refractivity contribution in [3.63, 3.8) is 0 Å². The van der Waals surface area contributed by atoms with E-state index in [0.717, 1.165) is 22.6 Å². The highest BCUT2D eigenvalue weighted by atomic mass is 79.9. The third kappa shape index (κ3) is 5.59. The van der Waals surface area contributed by atoms with Crippen LogP contribution in [0, 0.1) is 17.1 Å². The standard InChI is InChI=1S/C30H25FN6O2S.BrH/c1-38-25-13-11-24(12-14-25)36-27(21-7-9-22(31)10-8-21)20-40-29(36)26(19-32)28-33-34-30(35-15-17-39-18-16-35)37(28)23-5-3-2-4-6-23;/h2-14,20H,15-18H2,1H3;1H/p-1/b29-26+;. The zero-order valence-corrected chi connectivity index (χ0v) is 24.5. The zero-order valence-electron chi connectivity index (χ0n) is 22.1. The molecule has 0 radical (unpaired) electrons. The summed E-state index contributed by atoms with van der Waals surface area (Å²) in [7, 11) is 1.62. The van der Waals surface area contributed by atoms with Crippen molar-refractivity contribution >= 4 is 34.7 Å². The molecule has 0 amide bonds. The Morgan fingerprint density at radius 2 is 1.66 bits per heavy atom. The number of anilines is 2. The van der Waals surface area contributed by atoms with Crippen molar-refractivity contribution < 1.29 is 30.8 Å². The van der Waals surface area contributed by atoms with E-state index in [1.165, 1.54) is 23.9 Å². The van der Waals surface area contributed by atoms with Crippen molar-refractivity contribution in [3.05, 3.63) is 107 Å². The van der Waals surface area contributed by atoms with Gasteiger partial charge in [0, 0.05) is 24.2 Å². The van der Waals surface area contributed by atoms with Crippen LogP contribution in [0.5, 0.6) is 5.75 Å². The van der Waals surface area contributed by atoms with Crippen molar-refractivity contribution in [3.8, 4) is 17.5 Å². The van der Waals surface area contributed by atoms with Crippen molar-refractivity contribution in [2.75, 3.05) is 43.2 Å². The molecule has 0 atom stereocenters. The summed E-state index contributed by atoms with van der Waals surface area (Å²) in [5.74, 6) is 1.49. The fourth-order valence-electron chi connectivity index (χ4n) is 4.72. The van der Waals surface area contributed by atoms with Gasteiger partial charge in [0.05, 0.1) is 31.7 Å². The van der Waals surface area contributed by atoms with Gasteiger partial charge in [-0.05, 0) is 66.2 Å². The Hall–Kier alpha value is -4.11. The molecule has 3 heterocycles. The van der Waals surface area contributed by atoms with E-state index in [-0.39, 0.29) is 22.8 Å². The van der Waals surface area contributed by atoms with Crippen LogP contribution < -0.4 is 31.5 Å². The highest BCUT2D eigenvalue weighted by Gasteiger charge is 2.32. The number of nitrogens with zero attached hydrogens (tertiary/aromatic N) is 6. The van der Waals surface area contributed by atoms with Gasteiger partial charge < -0.3 is 36.3 Å². The Labute approximate surface area is 252 Å². The normalized spacial score (nSPS) is 16.1. The lowest BCUT2D eigenvalue weighted by Gasteiger charge is -2.28. The van der Waals surface area contributed by atoms with Gasteiger partial charge in [0.25, 0.3) is 0 Å². The van der Waals surface area contributed by atoms with E-state index in [0.29, 0.717) is 54.4 Å². The molecule has 1 saturated heterocycles. The molecule has 1 aromatic heterocycles. The van der Waals surface area contributed by atoms with Crippen LogP contribution in [0.2, 0.25) is 0 Å². The predicted octanol–water partition coefficient (Wildman–Crippen LogP) is 2.70. The number of aromatic nitrogens is 3. The van der Waals surface area contributed by atoms with E-state index in [1.807, 2.05) is 69.5 Å². The van der Waals surface area contributed by atoms with Gasteiger partial charge >= 0.3 is 0 Å². The molecule has 2 aliphatic rings. The second kappa shape index (κ2) is 12.6. The first-order valence-corrected chi connectivity index (χ1v) is 13.6. The Morgan fingerprint density at radius 3 is 2.32 bits per heavy atom. The predicted molar refractivity (Wildman–Crippen MR) is 154 cm³/mol. The van der Waals surface area contributed by atoms with Gasteiger partial charge in [0.1, 0.15) is 28.2 Å². The second-order valence-corrected chi connectivity index (χ2v) is 9.91. The molecule has 2 aliphatic heterocycles. The highest BCUT2D eigenvalue weighted by molar-refractivity contribution is 8.06. The monoisotopic (exact) mass is 631 g/mol. The summed E-state index contributed by atoms with van der Waals surface area (Å²) in [4.78, 5) is 4.12. The maximum Gasteiger partial charge on any atom is 0.232 e. The Balaban J connectivity index is 0.00000337. The van der Waals surface area contributed by atoms with Crippen molar-refractivity contribution in [2.45, 2.75) is 0 Å². The molecule has 3 aromatic carbocycles. The summed E-state index contributed by atoms with van der Waals surface area (Å²) >= 11 is 1.42. The quantitative estimate of drug-likeness (QED) is 0.301. The zero-order chi connectivity index (χ0) is 27.5. The van der Waals surface area contributed by atoms with Crippen LogP contribution in [0.4, 0.5) is 16.0 Å². The van der Waals surface area contributed by atoms with Crippen LogP contribution in [0.1, 0.15) is 11.4 Å². The molecular formula is C30H25BrFN6O2S-. The van der Waals surface area contributed by atoms with Gasteiger partial charge in [-0.25, -0.2) is 4.39 Å². The van der Waals surface area contributed by atoms with E-state index in [2.05, 4.69) is 21.2 Å². The fraction of sp³-hybridized carbons (Fsp3) is 0.167. The van der Waals surface area contributed by atoms with E-state index in [4.69, 9.17) is 9.47 Å². The molecule has 0 unspecified atom stereocenters. The van der Waals surface area contributed by atoms with Crippen LogP contribution in [-0.4, -0.2) is 48.2 Å². The number of para-hydroxylation sites is 1. The molecule has 208 valence electrons. The summed E-state index contributed by atoms with van der Waals surface area (Å²) in [5, 5.41) is 22.4. The van der Waals surface area contributed by atoms with Crippen LogP contribution in [0.3, 0.4) is 0 Å². The van der Waals surface area contributed by atoms with Gasteiger partial charge in [0.15, 0.2) is 5.82 Å². The number of rotatable bonds is 6. The van der Waals surface area contributed by atoms with E-state index < -0.39 is 0 Å². The number of hydrogen-bond donors (Lipinski definition) is 0. The molecule has 0 saturated carbocycles. The van der Waals surface area contributed by atoms with E-state index in [1.54, 1.807) is 19.2 Å². The molecule has 4 aromatic rings. The first kappa shape index (κ1) is 28.4. The average molecular weight is 633 g/mol. The van der Waals surface area contributed by atoms with Crippen LogP contribution in [0.15, 0.2) is 89.3 Å². The molecule has 6 rings (SSSR count). The summed E-state index contributed by atoms with van der Waals surface area (Å²) in [5.41, 5.74) is 3.67. The molecule has 8 nitrogen and oxygen atoms in total. The highest BCUT2D eigenvalue weighted by Crippen LogP contribution is 2.46. The number of morpholine rings is 1. The van der Waals surface area contributed by atoms with Crippen molar-refractivity contribution in [2.24, 2.45) is 0 Å². The van der Waals surface area contributed by atoms with Crippen molar-refractivity contribution in [1.82, 2.24) is 14.8 Å². The number of allylic oxidation sites excluding steroid dienone is 1.